The average molecular weight is 420 g/mol. The molecule has 8 nitrogen and oxygen atoms in total. The molecule has 1 atom stereocenters. The highest BCUT2D eigenvalue weighted by Crippen LogP contribution is 2.28. The van der Waals surface area contributed by atoms with E-state index in [4.69, 9.17) is 0 Å². The maximum Gasteiger partial charge on any atom is 0.274 e. The van der Waals surface area contributed by atoms with Crippen molar-refractivity contribution < 1.29 is 18.1 Å². The molecule has 1 unspecified atom stereocenters. The van der Waals surface area contributed by atoms with E-state index in [1.165, 1.54) is 19.1 Å². The summed E-state index contributed by atoms with van der Waals surface area (Å²) in [6, 6.07) is 8.56. The molecule has 2 aromatic rings. The maximum absolute atomic E-state index is 13.0. The lowest BCUT2D eigenvalue weighted by molar-refractivity contribution is -0.385. The van der Waals surface area contributed by atoms with Crippen LogP contribution in [0.2, 0.25) is 0 Å². The number of amides is 1. The van der Waals surface area contributed by atoms with Crippen molar-refractivity contribution in [2.75, 3.05) is 15.9 Å². The van der Waals surface area contributed by atoms with Crippen LogP contribution in [0.5, 0.6) is 0 Å². The van der Waals surface area contributed by atoms with E-state index in [1.807, 2.05) is 13.8 Å². The zero-order valence-electron chi connectivity index (χ0n) is 17.1. The van der Waals surface area contributed by atoms with E-state index < -0.39 is 26.9 Å². The van der Waals surface area contributed by atoms with Gasteiger partial charge in [0.05, 0.1) is 28.1 Å². The standard InChI is InChI=1S/C20H25N3O5S/c1-6-18(20(24)21-17-8-7-9-19(15(17)4)23(25)26)22(29(5,27)28)16-11-10-13(2)14(3)12-16/h7-12,18H,6H2,1-5H3,(H,21,24). The molecule has 29 heavy (non-hydrogen) atoms. The van der Waals surface area contributed by atoms with Crippen LogP contribution in [0.15, 0.2) is 36.4 Å². The van der Waals surface area contributed by atoms with E-state index in [1.54, 1.807) is 31.2 Å². The van der Waals surface area contributed by atoms with Gasteiger partial charge in [-0.15, -0.1) is 0 Å². The Balaban J connectivity index is 2.45. The van der Waals surface area contributed by atoms with E-state index in [-0.39, 0.29) is 17.8 Å². The molecular weight excluding hydrogens is 394 g/mol. The molecule has 0 saturated carbocycles. The monoisotopic (exact) mass is 419 g/mol. The van der Waals surface area contributed by atoms with E-state index in [0.29, 0.717) is 11.3 Å². The molecule has 0 spiro atoms. The molecule has 1 amide bonds. The summed E-state index contributed by atoms with van der Waals surface area (Å²) in [6.07, 6.45) is 1.27. The van der Waals surface area contributed by atoms with Gasteiger partial charge in [0.1, 0.15) is 6.04 Å². The number of aryl methyl sites for hydroxylation is 2. The fourth-order valence-corrected chi connectivity index (χ4v) is 4.30. The number of nitro benzene ring substituents is 1. The lowest BCUT2D eigenvalue weighted by Crippen LogP contribution is -2.47. The Kier molecular flexibility index (Phi) is 6.63. The number of hydrogen-bond donors (Lipinski definition) is 1. The molecule has 2 aromatic carbocycles. The first-order chi connectivity index (χ1) is 13.5. The lowest BCUT2D eigenvalue weighted by atomic mass is 10.1. The van der Waals surface area contributed by atoms with Crippen LogP contribution in [0, 0.1) is 30.9 Å². The van der Waals surface area contributed by atoms with Gasteiger partial charge in [0.2, 0.25) is 15.9 Å². The largest absolute Gasteiger partial charge is 0.324 e. The van der Waals surface area contributed by atoms with Gasteiger partial charge in [0, 0.05) is 6.07 Å². The summed E-state index contributed by atoms with van der Waals surface area (Å²) in [7, 11) is -3.76. The Morgan fingerprint density at radius 2 is 1.83 bits per heavy atom. The van der Waals surface area contributed by atoms with Crippen molar-refractivity contribution in [3.63, 3.8) is 0 Å². The first kappa shape index (κ1) is 22.4. The Bertz CT molecular complexity index is 1050. The molecular formula is C20H25N3O5S. The number of carbonyl (C=O) groups is 1. The van der Waals surface area contributed by atoms with Gasteiger partial charge in [-0.2, -0.15) is 0 Å². The minimum atomic E-state index is -3.76. The number of benzene rings is 2. The summed E-state index contributed by atoms with van der Waals surface area (Å²) >= 11 is 0. The Hall–Kier alpha value is -2.94. The minimum absolute atomic E-state index is 0.120. The predicted molar refractivity (Wildman–Crippen MR) is 114 cm³/mol. The number of nitrogens with zero attached hydrogens (tertiary/aromatic N) is 2. The fraction of sp³-hybridized carbons (Fsp3) is 0.350. The number of anilines is 2. The smallest absolute Gasteiger partial charge is 0.274 e. The normalized spacial score (nSPS) is 12.3. The van der Waals surface area contributed by atoms with Crippen LogP contribution >= 0.6 is 0 Å². The van der Waals surface area contributed by atoms with Crippen molar-refractivity contribution >= 4 is 33.0 Å². The van der Waals surface area contributed by atoms with Crippen LogP contribution < -0.4 is 9.62 Å². The second-order valence-corrected chi connectivity index (χ2v) is 8.81. The lowest BCUT2D eigenvalue weighted by Gasteiger charge is -2.30. The number of carbonyl (C=O) groups excluding carboxylic acids is 1. The van der Waals surface area contributed by atoms with Crippen molar-refractivity contribution in [3.05, 3.63) is 63.2 Å². The van der Waals surface area contributed by atoms with Crippen molar-refractivity contribution in [2.24, 2.45) is 0 Å². The topological polar surface area (TPSA) is 110 Å². The number of hydrogen-bond acceptors (Lipinski definition) is 5. The zero-order chi connectivity index (χ0) is 21.9. The molecule has 2 rings (SSSR count). The number of nitrogens with one attached hydrogen (secondary N) is 1. The number of rotatable bonds is 7. The number of nitro groups is 1. The Morgan fingerprint density at radius 1 is 1.17 bits per heavy atom. The molecule has 0 saturated heterocycles. The van der Waals surface area contributed by atoms with Gasteiger partial charge in [-0.1, -0.05) is 19.1 Å². The van der Waals surface area contributed by atoms with Crippen molar-refractivity contribution in [1.82, 2.24) is 0 Å². The summed E-state index contributed by atoms with van der Waals surface area (Å²) in [6.45, 7) is 7.03. The highest BCUT2D eigenvalue weighted by atomic mass is 32.2. The van der Waals surface area contributed by atoms with Gasteiger partial charge >= 0.3 is 0 Å². The second-order valence-electron chi connectivity index (χ2n) is 6.95. The average Bonchev–Trinajstić information content (AvgIpc) is 2.62. The molecule has 0 radical (unpaired) electrons. The van der Waals surface area contributed by atoms with Crippen LogP contribution in [-0.4, -0.2) is 31.5 Å². The molecule has 1 N–H and O–H groups in total. The van der Waals surface area contributed by atoms with E-state index in [9.17, 15) is 23.3 Å². The maximum atomic E-state index is 13.0. The first-order valence-corrected chi connectivity index (χ1v) is 10.9. The van der Waals surface area contributed by atoms with Crippen LogP contribution in [0.4, 0.5) is 17.1 Å². The molecule has 0 aliphatic rings. The SMILES string of the molecule is CCC(C(=O)Nc1cccc([N+](=O)[O-])c1C)N(c1ccc(C)c(C)c1)S(C)(=O)=O. The third kappa shape index (κ3) is 4.92. The third-order valence-electron chi connectivity index (χ3n) is 4.83. The minimum Gasteiger partial charge on any atom is -0.324 e. The first-order valence-electron chi connectivity index (χ1n) is 9.08. The molecule has 0 aromatic heterocycles. The molecule has 0 aliphatic carbocycles. The van der Waals surface area contributed by atoms with E-state index in [2.05, 4.69) is 5.32 Å². The highest BCUT2D eigenvalue weighted by molar-refractivity contribution is 7.92. The molecule has 9 heteroatoms. The van der Waals surface area contributed by atoms with Crippen LogP contribution in [0.1, 0.15) is 30.0 Å². The van der Waals surface area contributed by atoms with Crippen LogP contribution in [0.25, 0.3) is 0 Å². The van der Waals surface area contributed by atoms with E-state index >= 15 is 0 Å². The fourth-order valence-electron chi connectivity index (χ4n) is 3.10. The van der Waals surface area contributed by atoms with Crippen LogP contribution in [-0.2, 0) is 14.8 Å². The van der Waals surface area contributed by atoms with Crippen molar-refractivity contribution in [3.8, 4) is 0 Å². The molecule has 0 heterocycles. The van der Waals surface area contributed by atoms with Gasteiger partial charge in [-0.05, 0) is 56.5 Å². The molecule has 0 aliphatic heterocycles. The zero-order valence-corrected chi connectivity index (χ0v) is 17.9. The molecule has 156 valence electrons. The van der Waals surface area contributed by atoms with Gasteiger partial charge in [-0.3, -0.25) is 19.2 Å². The number of sulfonamides is 1. The van der Waals surface area contributed by atoms with Crippen LogP contribution in [0.3, 0.4) is 0 Å². The summed E-state index contributed by atoms with van der Waals surface area (Å²) in [5, 5.41) is 13.8. The summed E-state index contributed by atoms with van der Waals surface area (Å²) in [5.74, 6) is -0.556. The quantitative estimate of drug-likeness (QED) is 0.543. The summed E-state index contributed by atoms with van der Waals surface area (Å²) < 4.78 is 26.2. The van der Waals surface area contributed by atoms with Gasteiger partial charge in [-0.25, -0.2) is 8.42 Å². The predicted octanol–water partition coefficient (Wildman–Crippen LogP) is 3.70. The second kappa shape index (κ2) is 8.60. The Labute approximate surface area is 170 Å². The van der Waals surface area contributed by atoms with Crippen molar-refractivity contribution in [1.29, 1.82) is 0 Å². The van der Waals surface area contributed by atoms with Gasteiger partial charge < -0.3 is 5.32 Å². The van der Waals surface area contributed by atoms with E-state index in [0.717, 1.165) is 21.7 Å². The highest BCUT2D eigenvalue weighted by Gasteiger charge is 2.32. The van der Waals surface area contributed by atoms with Crippen molar-refractivity contribution in [2.45, 2.75) is 40.2 Å². The van der Waals surface area contributed by atoms with Gasteiger partial charge in [0.15, 0.2) is 0 Å². The van der Waals surface area contributed by atoms with Gasteiger partial charge in [0.25, 0.3) is 5.69 Å². The molecule has 0 fully saturated rings. The third-order valence-corrected chi connectivity index (χ3v) is 6.01. The molecule has 0 bridgehead atoms. The summed E-state index contributed by atoms with van der Waals surface area (Å²) in [4.78, 5) is 23.6. The Morgan fingerprint density at radius 3 is 2.34 bits per heavy atom. The summed E-state index contributed by atoms with van der Waals surface area (Å²) in [5.41, 5.74) is 2.76.